The second-order valence-electron chi connectivity index (χ2n) is 3.22. The van der Waals surface area contributed by atoms with Gasteiger partial charge in [-0.15, -0.1) is 0 Å². The van der Waals surface area contributed by atoms with Gasteiger partial charge >= 0.3 is 5.97 Å². The first kappa shape index (κ1) is 12.2. The molecule has 5 N–H and O–H groups in total. The molecule has 16 heavy (non-hydrogen) atoms. The highest BCUT2D eigenvalue weighted by atomic mass is 16.4. The Kier molecular flexibility index (Phi) is 3.60. The predicted molar refractivity (Wildman–Crippen MR) is 53.6 cm³/mol. The van der Waals surface area contributed by atoms with E-state index in [-0.39, 0.29) is 11.1 Å². The zero-order chi connectivity index (χ0) is 12.3. The number of carbonyl (C=O) groups excluding carboxylic acids is 1. The predicted octanol–water partition coefficient (Wildman–Crippen LogP) is -0.736. The first-order valence-corrected chi connectivity index (χ1v) is 4.42. The molecular weight excluding hydrogens is 214 g/mol. The van der Waals surface area contributed by atoms with Crippen molar-refractivity contribution >= 4 is 11.9 Å². The Morgan fingerprint density at radius 2 is 1.88 bits per heavy atom. The van der Waals surface area contributed by atoms with Crippen LogP contribution in [0.25, 0.3) is 0 Å². The molecule has 1 amide bonds. The summed E-state index contributed by atoms with van der Waals surface area (Å²) < 4.78 is 0. The molecule has 0 saturated carbocycles. The highest BCUT2D eigenvalue weighted by Crippen LogP contribution is 2.18. The molecule has 1 aromatic carbocycles. The number of aliphatic hydroxyl groups is 2. The number of benzene rings is 1. The molecule has 0 aromatic heterocycles. The summed E-state index contributed by atoms with van der Waals surface area (Å²) in [6, 6.07) is 5.49. The Morgan fingerprint density at radius 1 is 1.25 bits per heavy atom. The molecule has 0 bridgehead atoms. The molecule has 0 aliphatic heterocycles. The van der Waals surface area contributed by atoms with E-state index in [1.807, 2.05) is 0 Å². The summed E-state index contributed by atoms with van der Waals surface area (Å²) in [5.41, 5.74) is 5.27. The van der Waals surface area contributed by atoms with Gasteiger partial charge in [-0.1, -0.05) is 12.1 Å². The molecule has 1 rings (SSSR count). The number of carbonyl (C=O) groups is 2. The van der Waals surface area contributed by atoms with Gasteiger partial charge in [0.25, 0.3) is 0 Å². The molecule has 6 nitrogen and oxygen atoms in total. The number of carboxylic acids is 1. The van der Waals surface area contributed by atoms with Gasteiger partial charge in [0, 0.05) is 5.56 Å². The molecule has 0 heterocycles. The van der Waals surface area contributed by atoms with E-state index in [4.69, 9.17) is 15.9 Å². The lowest BCUT2D eigenvalue weighted by Gasteiger charge is -2.14. The molecule has 0 fully saturated rings. The molecule has 0 saturated heterocycles. The normalized spacial score (nSPS) is 14.1. The van der Waals surface area contributed by atoms with Crippen LogP contribution in [0.4, 0.5) is 0 Å². The van der Waals surface area contributed by atoms with Crippen LogP contribution in [-0.2, 0) is 4.79 Å². The number of carboxylic acid groups (broad SMARTS) is 1. The van der Waals surface area contributed by atoms with Crippen molar-refractivity contribution in [1.29, 1.82) is 0 Å². The summed E-state index contributed by atoms with van der Waals surface area (Å²) in [4.78, 5) is 21.3. The first-order valence-electron chi connectivity index (χ1n) is 4.42. The summed E-state index contributed by atoms with van der Waals surface area (Å²) in [7, 11) is 0. The molecule has 2 atom stereocenters. The number of hydrogen-bond acceptors (Lipinski definition) is 4. The van der Waals surface area contributed by atoms with Crippen molar-refractivity contribution < 1.29 is 24.9 Å². The summed E-state index contributed by atoms with van der Waals surface area (Å²) >= 11 is 0. The summed E-state index contributed by atoms with van der Waals surface area (Å²) in [5.74, 6) is -2.24. The molecule has 6 heteroatoms. The van der Waals surface area contributed by atoms with Crippen LogP contribution in [0.15, 0.2) is 24.3 Å². The number of aliphatic carboxylic acids is 1. The smallest absolute Gasteiger partial charge is 0.335 e. The van der Waals surface area contributed by atoms with Crippen molar-refractivity contribution in [3.8, 4) is 0 Å². The second kappa shape index (κ2) is 4.73. The molecular formula is C10H11NO5. The van der Waals surface area contributed by atoms with Crippen LogP contribution < -0.4 is 5.73 Å². The molecule has 0 radical (unpaired) electrons. The van der Waals surface area contributed by atoms with E-state index in [9.17, 15) is 14.7 Å². The molecule has 2 unspecified atom stereocenters. The van der Waals surface area contributed by atoms with Crippen LogP contribution in [0, 0.1) is 0 Å². The number of hydrogen-bond donors (Lipinski definition) is 4. The lowest BCUT2D eigenvalue weighted by atomic mass is 10.0. The van der Waals surface area contributed by atoms with Gasteiger partial charge in [-0.2, -0.15) is 0 Å². The molecule has 0 spiro atoms. The molecule has 1 aromatic rings. The SMILES string of the molecule is NC(=O)c1cccc(C(O)C(O)C(=O)O)c1. The molecule has 0 aliphatic carbocycles. The highest BCUT2D eigenvalue weighted by Gasteiger charge is 2.25. The minimum Gasteiger partial charge on any atom is -0.479 e. The number of rotatable bonds is 4. The van der Waals surface area contributed by atoms with Gasteiger partial charge < -0.3 is 21.1 Å². The number of amides is 1. The van der Waals surface area contributed by atoms with Crippen LogP contribution in [-0.4, -0.2) is 33.3 Å². The van der Waals surface area contributed by atoms with E-state index in [1.54, 1.807) is 0 Å². The molecule has 86 valence electrons. The van der Waals surface area contributed by atoms with Crippen molar-refractivity contribution in [2.45, 2.75) is 12.2 Å². The third-order valence-electron chi connectivity index (χ3n) is 2.06. The topological polar surface area (TPSA) is 121 Å². The standard InChI is InChI=1S/C10H11NO5/c11-9(14)6-3-1-2-5(4-6)7(12)8(13)10(15)16/h1-4,7-8,12-13H,(H2,11,14)(H,15,16). The maximum absolute atomic E-state index is 10.8. The van der Waals surface area contributed by atoms with Gasteiger partial charge in [-0.3, -0.25) is 4.79 Å². The van der Waals surface area contributed by atoms with E-state index < -0.39 is 24.1 Å². The van der Waals surface area contributed by atoms with Crippen molar-refractivity contribution in [2.24, 2.45) is 5.73 Å². The fraction of sp³-hybridized carbons (Fsp3) is 0.200. The largest absolute Gasteiger partial charge is 0.479 e. The minimum atomic E-state index is -1.94. The Bertz CT molecular complexity index is 417. The Balaban J connectivity index is 3.00. The Morgan fingerprint density at radius 3 is 2.38 bits per heavy atom. The van der Waals surface area contributed by atoms with E-state index in [1.165, 1.54) is 24.3 Å². The lowest BCUT2D eigenvalue weighted by Crippen LogP contribution is -2.27. The van der Waals surface area contributed by atoms with Crippen molar-refractivity contribution in [3.05, 3.63) is 35.4 Å². The number of nitrogens with two attached hydrogens (primary N) is 1. The van der Waals surface area contributed by atoms with E-state index in [2.05, 4.69) is 0 Å². The third kappa shape index (κ3) is 2.56. The Labute approximate surface area is 90.9 Å². The molecule has 0 aliphatic rings. The Hall–Kier alpha value is -1.92. The zero-order valence-electron chi connectivity index (χ0n) is 8.20. The van der Waals surface area contributed by atoms with Crippen LogP contribution in [0.2, 0.25) is 0 Å². The second-order valence-corrected chi connectivity index (χ2v) is 3.22. The average molecular weight is 225 g/mol. The van der Waals surface area contributed by atoms with Gasteiger partial charge in [0.1, 0.15) is 6.10 Å². The van der Waals surface area contributed by atoms with Crippen LogP contribution in [0.5, 0.6) is 0 Å². The number of primary amides is 1. The number of aliphatic hydroxyl groups excluding tert-OH is 2. The minimum absolute atomic E-state index is 0.117. The van der Waals surface area contributed by atoms with Gasteiger partial charge in [0.2, 0.25) is 5.91 Å². The van der Waals surface area contributed by atoms with Crippen LogP contribution in [0.1, 0.15) is 22.0 Å². The monoisotopic (exact) mass is 225 g/mol. The summed E-state index contributed by atoms with van der Waals surface area (Å²) in [5, 5.41) is 27.1. The van der Waals surface area contributed by atoms with Gasteiger partial charge in [0.15, 0.2) is 6.10 Å². The highest BCUT2D eigenvalue weighted by molar-refractivity contribution is 5.92. The van der Waals surface area contributed by atoms with Crippen LogP contribution in [0.3, 0.4) is 0 Å². The van der Waals surface area contributed by atoms with E-state index in [0.717, 1.165) is 0 Å². The first-order chi connectivity index (χ1) is 7.43. The van der Waals surface area contributed by atoms with Crippen molar-refractivity contribution in [2.75, 3.05) is 0 Å². The average Bonchev–Trinajstić information content (AvgIpc) is 2.27. The van der Waals surface area contributed by atoms with Gasteiger partial charge in [0.05, 0.1) is 0 Å². The fourth-order valence-electron chi connectivity index (χ4n) is 1.19. The van der Waals surface area contributed by atoms with E-state index >= 15 is 0 Å². The quantitative estimate of drug-likeness (QED) is 0.538. The van der Waals surface area contributed by atoms with Crippen molar-refractivity contribution in [3.63, 3.8) is 0 Å². The third-order valence-corrected chi connectivity index (χ3v) is 2.06. The van der Waals surface area contributed by atoms with Crippen molar-refractivity contribution in [1.82, 2.24) is 0 Å². The zero-order valence-corrected chi connectivity index (χ0v) is 8.20. The van der Waals surface area contributed by atoms with E-state index in [0.29, 0.717) is 0 Å². The summed E-state index contributed by atoms with van der Waals surface area (Å²) in [6.45, 7) is 0. The van der Waals surface area contributed by atoms with Gasteiger partial charge in [-0.05, 0) is 17.7 Å². The van der Waals surface area contributed by atoms with Gasteiger partial charge in [-0.25, -0.2) is 4.79 Å². The van der Waals surface area contributed by atoms with Crippen LogP contribution >= 0.6 is 0 Å². The summed E-state index contributed by atoms with van der Waals surface area (Å²) in [6.07, 6.45) is -3.54. The lowest BCUT2D eigenvalue weighted by molar-refractivity contribution is -0.153. The maximum Gasteiger partial charge on any atom is 0.335 e. The fourth-order valence-corrected chi connectivity index (χ4v) is 1.19. The maximum atomic E-state index is 10.8.